The van der Waals surface area contributed by atoms with E-state index in [1.165, 1.54) is 42.1 Å². The predicted molar refractivity (Wildman–Crippen MR) is 84.9 cm³/mol. The summed E-state index contributed by atoms with van der Waals surface area (Å²) in [6.45, 7) is 3.15. The maximum atomic E-state index is 3.57. The van der Waals surface area contributed by atoms with Gasteiger partial charge in [-0.05, 0) is 31.5 Å². The molecule has 108 valence electrons. The highest BCUT2D eigenvalue weighted by Gasteiger charge is 2.18. The topological polar surface area (TPSA) is 31.1 Å². The van der Waals surface area contributed by atoms with Gasteiger partial charge in [-0.3, -0.25) is 0 Å². The Morgan fingerprint density at radius 3 is 2.90 bits per heavy atom. The van der Waals surface area contributed by atoms with Crippen LogP contribution in [0.4, 0.5) is 0 Å². The van der Waals surface area contributed by atoms with Gasteiger partial charge in [-0.1, -0.05) is 31.0 Å². The second kappa shape index (κ2) is 6.42. The molecule has 0 bridgehead atoms. The number of likely N-dealkylation sites (N-methyl/N-ethyl adjacent to an activating group) is 1. The molecule has 0 unspecified atom stereocenters. The third-order valence-electron chi connectivity index (χ3n) is 4.58. The summed E-state index contributed by atoms with van der Waals surface area (Å²) in [5.41, 5.74) is 2.59. The standard InChI is InChI=1S/C17H25N3/c1-20(15-6-2-3-7-15)11-10-18-12-14-13-19-17-9-5-4-8-16(14)17/h4-5,8-9,13,15,18-19H,2-3,6-7,10-12H2,1H3. The second-order valence-electron chi connectivity index (χ2n) is 5.96. The van der Waals surface area contributed by atoms with Gasteiger partial charge < -0.3 is 15.2 Å². The van der Waals surface area contributed by atoms with Crippen molar-refractivity contribution in [3.63, 3.8) is 0 Å². The molecule has 3 rings (SSSR count). The molecular formula is C17H25N3. The molecule has 1 aromatic carbocycles. The van der Waals surface area contributed by atoms with Crippen LogP contribution in [0, 0.1) is 0 Å². The summed E-state index contributed by atoms with van der Waals surface area (Å²) in [6.07, 6.45) is 7.73. The van der Waals surface area contributed by atoms with E-state index in [4.69, 9.17) is 0 Å². The first-order valence-corrected chi connectivity index (χ1v) is 7.80. The fourth-order valence-corrected chi connectivity index (χ4v) is 3.28. The molecule has 0 spiro atoms. The molecular weight excluding hydrogens is 246 g/mol. The molecule has 3 heteroatoms. The summed E-state index contributed by atoms with van der Waals surface area (Å²) < 4.78 is 0. The maximum absolute atomic E-state index is 3.57. The first kappa shape index (κ1) is 13.7. The number of hydrogen-bond donors (Lipinski definition) is 2. The van der Waals surface area contributed by atoms with Gasteiger partial charge in [0, 0.05) is 42.8 Å². The summed E-state index contributed by atoms with van der Waals surface area (Å²) in [5.74, 6) is 0. The Kier molecular flexibility index (Phi) is 4.38. The summed E-state index contributed by atoms with van der Waals surface area (Å²) >= 11 is 0. The van der Waals surface area contributed by atoms with E-state index in [-0.39, 0.29) is 0 Å². The fourth-order valence-electron chi connectivity index (χ4n) is 3.28. The number of H-pyrrole nitrogens is 1. The lowest BCUT2D eigenvalue weighted by Gasteiger charge is -2.23. The Morgan fingerprint density at radius 1 is 1.25 bits per heavy atom. The van der Waals surface area contributed by atoms with Crippen LogP contribution in [0.3, 0.4) is 0 Å². The van der Waals surface area contributed by atoms with Gasteiger partial charge in [0.2, 0.25) is 0 Å². The first-order chi connectivity index (χ1) is 9.84. The smallest absolute Gasteiger partial charge is 0.0457 e. The van der Waals surface area contributed by atoms with Crippen molar-refractivity contribution in [3.05, 3.63) is 36.0 Å². The Morgan fingerprint density at radius 2 is 2.05 bits per heavy atom. The third-order valence-corrected chi connectivity index (χ3v) is 4.58. The molecule has 0 amide bonds. The Bertz CT molecular complexity index is 540. The van der Waals surface area contributed by atoms with Gasteiger partial charge in [0.15, 0.2) is 0 Å². The van der Waals surface area contributed by atoms with E-state index in [1.54, 1.807) is 0 Å². The van der Waals surface area contributed by atoms with Gasteiger partial charge in [-0.25, -0.2) is 0 Å². The zero-order valence-electron chi connectivity index (χ0n) is 12.4. The van der Waals surface area contributed by atoms with Crippen molar-refractivity contribution < 1.29 is 0 Å². The number of rotatable bonds is 6. The second-order valence-corrected chi connectivity index (χ2v) is 5.96. The summed E-state index contributed by atoms with van der Waals surface area (Å²) in [6, 6.07) is 9.32. The summed E-state index contributed by atoms with van der Waals surface area (Å²) in [4.78, 5) is 5.86. The van der Waals surface area contributed by atoms with Gasteiger partial charge in [-0.2, -0.15) is 0 Å². The molecule has 2 aromatic rings. The van der Waals surface area contributed by atoms with Crippen molar-refractivity contribution in [3.8, 4) is 0 Å². The number of nitrogens with zero attached hydrogens (tertiary/aromatic N) is 1. The molecule has 1 fully saturated rings. The van der Waals surface area contributed by atoms with Crippen molar-refractivity contribution in [1.82, 2.24) is 15.2 Å². The molecule has 0 aliphatic heterocycles. The predicted octanol–water partition coefficient (Wildman–Crippen LogP) is 3.13. The fraction of sp³-hybridized carbons (Fsp3) is 0.529. The number of nitrogens with one attached hydrogen (secondary N) is 2. The minimum absolute atomic E-state index is 0.824. The van der Waals surface area contributed by atoms with Crippen LogP contribution in [-0.2, 0) is 6.54 Å². The quantitative estimate of drug-likeness (QED) is 0.791. The van der Waals surface area contributed by atoms with Crippen molar-refractivity contribution in [2.45, 2.75) is 38.3 Å². The Balaban J connectivity index is 1.45. The van der Waals surface area contributed by atoms with Gasteiger partial charge in [0.1, 0.15) is 0 Å². The van der Waals surface area contributed by atoms with Gasteiger partial charge in [-0.15, -0.1) is 0 Å². The van der Waals surface area contributed by atoms with Crippen LogP contribution in [0.2, 0.25) is 0 Å². The lowest BCUT2D eigenvalue weighted by atomic mass is 10.2. The van der Waals surface area contributed by atoms with Gasteiger partial charge in [0.05, 0.1) is 0 Å². The van der Waals surface area contributed by atoms with Gasteiger partial charge >= 0.3 is 0 Å². The molecule has 3 nitrogen and oxygen atoms in total. The Labute approximate surface area is 121 Å². The third kappa shape index (κ3) is 3.05. The highest BCUT2D eigenvalue weighted by Crippen LogP contribution is 2.22. The zero-order valence-corrected chi connectivity index (χ0v) is 12.4. The SMILES string of the molecule is CN(CCNCc1c[nH]c2ccccc12)C1CCCC1. The summed E-state index contributed by atoms with van der Waals surface area (Å²) in [7, 11) is 2.27. The lowest BCUT2D eigenvalue weighted by Crippen LogP contribution is -2.35. The van der Waals surface area contributed by atoms with Crippen LogP contribution in [-0.4, -0.2) is 36.1 Å². The molecule has 2 N–H and O–H groups in total. The molecule has 1 saturated carbocycles. The molecule has 1 aliphatic carbocycles. The monoisotopic (exact) mass is 271 g/mol. The molecule has 0 atom stereocenters. The van der Waals surface area contributed by atoms with Crippen LogP contribution < -0.4 is 5.32 Å². The van der Waals surface area contributed by atoms with E-state index in [1.807, 2.05) is 0 Å². The highest BCUT2D eigenvalue weighted by atomic mass is 15.1. The van der Waals surface area contributed by atoms with Crippen molar-refractivity contribution in [1.29, 1.82) is 0 Å². The normalized spacial score (nSPS) is 16.5. The van der Waals surface area contributed by atoms with Crippen LogP contribution in [0.25, 0.3) is 10.9 Å². The number of hydrogen-bond acceptors (Lipinski definition) is 2. The Hall–Kier alpha value is -1.32. The highest BCUT2D eigenvalue weighted by molar-refractivity contribution is 5.82. The number of benzene rings is 1. The van der Waals surface area contributed by atoms with E-state index in [2.05, 4.69) is 52.7 Å². The maximum Gasteiger partial charge on any atom is 0.0457 e. The van der Waals surface area contributed by atoms with E-state index >= 15 is 0 Å². The minimum Gasteiger partial charge on any atom is -0.361 e. The molecule has 1 aromatic heterocycles. The molecule has 0 saturated heterocycles. The molecule has 20 heavy (non-hydrogen) atoms. The van der Waals surface area contributed by atoms with Crippen LogP contribution in [0.15, 0.2) is 30.5 Å². The van der Waals surface area contributed by atoms with Crippen LogP contribution >= 0.6 is 0 Å². The van der Waals surface area contributed by atoms with Crippen molar-refractivity contribution in [2.75, 3.05) is 20.1 Å². The molecule has 1 aliphatic rings. The number of aromatic nitrogens is 1. The van der Waals surface area contributed by atoms with E-state index < -0.39 is 0 Å². The van der Waals surface area contributed by atoms with Crippen molar-refractivity contribution in [2.24, 2.45) is 0 Å². The largest absolute Gasteiger partial charge is 0.361 e. The lowest BCUT2D eigenvalue weighted by molar-refractivity contribution is 0.245. The average molecular weight is 271 g/mol. The van der Waals surface area contributed by atoms with E-state index in [0.717, 1.165) is 25.7 Å². The minimum atomic E-state index is 0.824. The summed E-state index contributed by atoms with van der Waals surface area (Å²) in [5, 5.41) is 4.91. The van der Waals surface area contributed by atoms with Crippen molar-refractivity contribution >= 4 is 10.9 Å². The number of aromatic amines is 1. The van der Waals surface area contributed by atoms with Crippen LogP contribution in [0.5, 0.6) is 0 Å². The number of fused-ring (bicyclic) bond motifs is 1. The van der Waals surface area contributed by atoms with Crippen LogP contribution in [0.1, 0.15) is 31.2 Å². The van der Waals surface area contributed by atoms with E-state index in [0.29, 0.717) is 0 Å². The molecule has 1 heterocycles. The first-order valence-electron chi connectivity index (χ1n) is 7.80. The average Bonchev–Trinajstić information content (AvgIpc) is 3.13. The number of para-hydroxylation sites is 1. The van der Waals surface area contributed by atoms with Gasteiger partial charge in [0.25, 0.3) is 0 Å². The molecule has 0 radical (unpaired) electrons. The van der Waals surface area contributed by atoms with E-state index in [9.17, 15) is 0 Å². The zero-order chi connectivity index (χ0) is 13.8.